The normalized spacial score (nSPS) is 18.1. The van der Waals surface area contributed by atoms with Gasteiger partial charge in [0.1, 0.15) is 5.54 Å². The first-order chi connectivity index (χ1) is 12.8. The number of rotatable bonds is 4. The molecule has 7 nitrogen and oxygen atoms in total. The summed E-state index contributed by atoms with van der Waals surface area (Å²) in [6, 6.07) is 7.69. The summed E-state index contributed by atoms with van der Waals surface area (Å²) >= 11 is 0. The molecule has 1 fully saturated rings. The summed E-state index contributed by atoms with van der Waals surface area (Å²) in [4.78, 5) is 13.1. The molecule has 1 amide bonds. The topological polar surface area (TPSA) is 77.4 Å². The average molecular weight is 393 g/mol. The van der Waals surface area contributed by atoms with Gasteiger partial charge < -0.3 is 20.1 Å². The average Bonchev–Trinajstić information content (AvgIpc) is 3.13. The fourth-order valence-electron chi connectivity index (χ4n) is 3.59. The van der Waals surface area contributed by atoms with E-state index < -0.39 is 5.54 Å². The summed E-state index contributed by atoms with van der Waals surface area (Å²) in [7, 11) is 0. The zero-order valence-corrected chi connectivity index (χ0v) is 16.0. The molecule has 0 bridgehead atoms. The van der Waals surface area contributed by atoms with Gasteiger partial charge in [-0.05, 0) is 49.7 Å². The molecule has 1 aromatic heterocycles. The van der Waals surface area contributed by atoms with E-state index in [1.54, 1.807) is 10.9 Å². The molecule has 1 aromatic carbocycles. The van der Waals surface area contributed by atoms with Crippen LogP contribution in [0.1, 0.15) is 24.8 Å². The summed E-state index contributed by atoms with van der Waals surface area (Å²) in [5.74, 6) is 1.52. The number of carbonyl (C=O) groups is 1. The zero-order valence-electron chi connectivity index (χ0n) is 15.1. The van der Waals surface area contributed by atoms with E-state index in [2.05, 4.69) is 15.7 Å². The van der Waals surface area contributed by atoms with Crippen LogP contribution >= 0.6 is 12.4 Å². The third-order valence-electron chi connectivity index (χ3n) is 5.06. The van der Waals surface area contributed by atoms with Gasteiger partial charge in [0, 0.05) is 25.4 Å². The molecule has 4 rings (SSSR count). The monoisotopic (exact) mass is 392 g/mol. The molecule has 2 aliphatic rings. The number of amides is 1. The molecular formula is C19H25ClN4O3. The minimum absolute atomic E-state index is 0. The second kappa shape index (κ2) is 8.63. The van der Waals surface area contributed by atoms with Crippen LogP contribution in [0.3, 0.4) is 0 Å². The van der Waals surface area contributed by atoms with Gasteiger partial charge in [-0.3, -0.25) is 9.48 Å². The SMILES string of the molecule is Cl.O=C(NCc1ccc2c(c1)OCCCO2)C1(n2cccn2)CCNCC1. The van der Waals surface area contributed by atoms with Crippen LogP contribution in [-0.2, 0) is 16.9 Å². The molecule has 8 heteroatoms. The first kappa shape index (κ1) is 19.5. The third kappa shape index (κ3) is 4.04. The van der Waals surface area contributed by atoms with Crippen LogP contribution in [0.5, 0.6) is 11.5 Å². The number of hydrogen-bond donors (Lipinski definition) is 2. The molecule has 0 saturated carbocycles. The second-order valence-electron chi connectivity index (χ2n) is 6.75. The number of hydrogen-bond acceptors (Lipinski definition) is 5. The van der Waals surface area contributed by atoms with Gasteiger partial charge in [0.15, 0.2) is 11.5 Å². The highest BCUT2D eigenvalue weighted by molar-refractivity contribution is 5.85. The molecule has 0 unspecified atom stereocenters. The maximum absolute atomic E-state index is 13.1. The van der Waals surface area contributed by atoms with Gasteiger partial charge in [0.2, 0.25) is 5.91 Å². The summed E-state index contributed by atoms with van der Waals surface area (Å²) in [5, 5.41) is 10.8. The van der Waals surface area contributed by atoms with Gasteiger partial charge in [-0.15, -0.1) is 12.4 Å². The van der Waals surface area contributed by atoms with Crippen LogP contribution in [0.15, 0.2) is 36.7 Å². The Morgan fingerprint density at radius 1 is 1.22 bits per heavy atom. The number of nitrogens with one attached hydrogen (secondary N) is 2. The van der Waals surface area contributed by atoms with Crippen LogP contribution in [0.25, 0.3) is 0 Å². The molecule has 0 radical (unpaired) electrons. The van der Waals surface area contributed by atoms with E-state index >= 15 is 0 Å². The Bertz CT molecular complexity index is 760. The summed E-state index contributed by atoms with van der Waals surface area (Å²) in [5.41, 5.74) is 0.368. The van der Waals surface area contributed by atoms with Crippen molar-refractivity contribution in [3.05, 3.63) is 42.2 Å². The van der Waals surface area contributed by atoms with Crippen LogP contribution in [0.2, 0.25) is 0 Å². The molecule has 2 aliphatic heterocycles. The number of benzene rings is 1. The molecule has 3 heterocycles. The molecule has 0 spiro atoms. The largest absolute Gasteiger partial charge is 0.490 e. The van der Waals surface area contributed by atoms with Crippen molar-refractivity contribution in [2.75, 3.05) is 26.3 Å². The van der Waals surface area contributed by atoms with Gasteiger partial charge >= 0.3 is 0 Å². The fourth-order valence-corrected chi connectivity index (χ4v) is 3.59. The van der Waals surface area contributed by atoms with Crippen molar-refractivity contribution in [1.29, 1.82) is 0 Å². The molecule has 0 atom stereocenters. The first-order valence-corrected chi connectivity index (χ1v) is 9.16. The number of ether oxygens (including phenoxy) is 2. The number of fused-ring (bicyclic) bond motifs is 1. The highest BCUT2D eigenvalue weighted by Gasteiger charge is 2.41. The lowest BCUT2D eigenvalue weighted by Gasteiger charge is -2.36. The summed E-state index contributed by atoms with van der Waals surface area (Å²) < 4.78 is 13.2. The van der Waals surface area contributed by atoms with E-state index in [0.29, 0.717) is 19.8 Å². The lowest BCUT2D eigenvalue weighted by molar-refractivity contribution is -0.132. The standard InChI is InChI=1S/C19H24N4O3.ClH/c24-18(19(5-8-20-9-6-19)23-10-1-7-22-23)21-14-15-3-4-16-17(13-15)26-12-2-11-25-16;/h1,3-4,7,10,13,20H,2,5-6,8-9,11-12,14H2,(H,21,24);1H. The predicted octanol–water partition coefficient (Wildman–Crippen LogP) is 1.86. The Hall–Kier alpha value is -2.25. The smallest absolute Gasteiger partial charge is 0.248 e. The number of aromatic nitrogens is 2. The van der Waals surface area contributed by atoms with Gasteiger partial charge in [-0.25, -0.2) is 0 Å². The van der Waals surface area contributed by atoms with E-state index in [1.165, 1.54) is 0 Å². The summed E-state index contributed by atoms with van der Waals surface area (Å²) in [6.07, 6.45) is 5.92. The van der Waals surface area contributed by atoms with Crippen molar-refractivity contribution in [2.45, 2.75) is 31.3 Å². The van der Waals surface area contributed by atoms with E-state index in [0.717, 1.165) is 49.4 Å². The van der Waals surface area contributed by atoms with Gasteiger partial charge in [0.25, 0.3) is 0 Å². The van der Waals surface area contributed by atoms with Crippen molar-refractivity contribution in [1.82, 2.24) is 20.4 Å². The molecule has 1 saturated heterocycles. The molecule has 0 aliphatic carbocycles. The molecule has 146 valence electrons. The Morgan fingerprint density at radius 3 is 2.74 bits per heavy atom. The Morgan fingerprint density at radius 2 is 2.00 bits per heavy atom. The number of piperidine rings is 1. The lowest BCUT2D eigenvalue weighted by Crippen LogP contribution is -2.54. The molecule has 2 N–H and O–H groups in total. The van der Waals surface area contributed by atoms with Crippen LogP contribution < -0.4 is 20.1 Å². The Kier molecular flexibility index (Phi) is 6.23. The van der Waals surface area contributed by atoms with Gasteiger partial charge in [0.05, 0.1) is 13.2 Å². The van der Waals surface area contributed by atoms with Gasteiger partial charge in [-0.1, -0.05) is 6.07 Å². The minimum atomic E-state index is -0.625. The highest BCUT2D eigenvalue weighted by atomic mass is 35.5. The number of carbonyl (C=O) groups excluding carboxylic acids is 1. The van der Waals surface area contributed by atoms with Gasteiger partial charge in [-0.2, -0.15) is 5.10 Å². The van der Waals surface area contributed by atoms with Crippen molar-refractivity contribution >= 4 is 18.3 Å². The van der Waals surface area contributed by atoms with E-state index in [1.807, 2.05) is 30.5 Å². The van der Waals surface area contributed by atoms with Crippen molar-refractivity contribution in [3.63, 3.8) is 0 Å². The van der Waals surface area contributed by atoms with Crippen molar-refractivity contribution in [3.8, 4) is 11.5 Å². The number of halogens is 1. The number of nitrogens with zero attached hydrogens (tertiary/aromatic N) is 2. The zero-order chi connectivity index (χ0) is 17.8. The molecule has 2 aromatic rings. The minimum Gasteiger partial charge on any atom is -0.490 e. The fraction of sp³-hybridized carbons (Fsp3) is 0.474. The highest BCUT2D eigenvalue weighted by Crippen LogP contribution is 2.31. The first-order valence-electron chi connectivity index (χ1n) is 9.16. The Balaban J connectivity index is 0.00000210. The van der Waals surface area contributed by atoms with E-state index in [-0.39, 0.29) is 18.3 Å². The van der Waals surface area contributed by atoms with E-state index in [9.17, 15) is 4.79 Å². The van der Waals surface area contributed by atoms with Crippen LogP contribution in [0, 0.1) is 0 Å². The van der Waals surface area contributed by atoms with E-state index in [4.69, 9.17) is 9.47 Å². The molecular weight excluding hydrogens is 368 g/mol. The third-order valence-corrected chi connectivity index (χ3v) is 5.06. The lowest BCUT2D eigenvalue weighted by atomic mass is 9.87. The van der Waals surface area contributed by atoms with Crippen LogP contribution in [-0.4, -0.2) is 42.0 Å². The summed E-state index contributed by atoms with van der Waals surface area (Å²) in [6.45, 7) is 3.38. The Labute approximate surface area is 164 Å². The van der Waals surface area contributed by atoms with Crippen molar-refractivity contribution in [2.24, 2.45) is 0 Å². The van der Waals surface area contributed by atoms with Crippen LogP contribution in [0.4, 0.5) is 0 Å². The van der Waals surface area contributed by atoms with Crippen molar-refractivity contribution < 1.29 is 14.3 Å². The maximum atomic E-state index is 13.1. The second-order valence-corrected chi connectivity index (χ2v) is 6.75. The molecule has 27 heavy (non-hydrogen) atoms. The quantitative estimate of drug-likeness (QED) is 0.830. The maximum Gasteiger partial charge on any atom is 0.248 e. The predicted molar refractivity (Wildman–Crippen MR) is 103 cm³/mol.